The normalized spacial score (nSPS) is 19.1. The molecule has 0 spiro atoms. The van der Waals surface area contributed by atoms with Crippen LogP contribution in [0.15, 0.2) is 60.7 Å². The highest BCUT2D eigenvalue weighted by Gasteiger charge is 2.53. The van der Waals surface area contributed by atoms with Crippen molar-refractivity contribution < 1.29 is 28.8 Å². The maximum Gasteiger partial charge on any atom is 0.328 e. The van der Waals surface area contributed by atoms with Gasteiger partial charge in [0.15, 0.2) is 10.8 Å². The number of amides is 8. The number of unbranched alkanes of at least 4 members (excludes halogenated alkanes) is 1. The first-order chi connectivity index (χ1) is 16.3. The maximum absolute atomic E-state index is 12.9. The predicted octanol–water partition coefficient (Wildman–Crippen LogP) is 1.15. The van der Waals surface area contributed by atoms with Crippen LogP contribution in [-0.2, 0) is 30.0 Å². The number of carbonyl (C=O) groups excluding carboxylic acids is 6. The molecule has 0 bridgehead atoms. The summed E-state index contributed by atoms with van der Waals surface area (Å²) >= 11 is 0. The fourth-order valence-corrected chi connectivity index (χ4v) is 4.60. The van der Waals surface area contributed by atoms with Crippen LogP contribution in [0.3, 0.4) is 0 Å². The Bertz CT molecular complexity index is 1040. The number of hydrogen-bond donors (Lipinski definition) is 4. The molecule has 8 amide bonds. The monoisotopic (exact) mass is 462 g/mol. The van der Waals surface area contributed by atoms with Gasteiger partial charge in [0.25, 0.3) is 0 Å². The molecule has 0 aromatic heterocycles. The first-order valence-electron chi connectivity index (χ1n) is 10.8. The van der Waals surface area contributed by atoms with Crippen molar-refractivity contribution in [3.05, 3.63) is 71.8 Å². The summed E-state index contributed by atoms with van der Waals surface area (Å²) < 4.78 is 0. The summed E-state index contributed by atoms with van der Waals surface area (Å²) in [7, 11) is 0. The van der Waals surface area contributed by atoms with Crippen molar-refractivity contribution >= 4 is 35.7 Å². The third kappa shape index (κ3) is 3.72. The van der Waals surface area contributed by atoms with Crippen LogP contribution in [0.2, 0.25) is 0 Å². The van der Waals surface area contributed by atoms with Gasteiger partial charge in [-0.1, -0.05) is 73.5 Å². The molecule has 4 N–H and O–H groups in total. The van der Waals surface area contributed by atoms with E-state index in [1.165, 1.54) is 0 Å². The van der Waals surface area contributed by atoms with Crippen LogP contribution in [0.1, 0.15) is 36.8 Å². The zero-order valence-electron chi connectivity index (χ0n) is 18.1. The molecule has 0 aliphatic carbocycles. The second-order valence-electron chi connectivity index (χ2n) is 8.22. The maximum atomic E-state index is 12.9. The number of carbonyl (C=O) groups is 6. The fraction of sp³-hybridized carbons (Fsp3) is 0.250. The summed E-state index contributed by atoms with van der Waals surface area (Å²) in [6.45, 7) is 0. The highest BCUT2D eigenvalue weighted by molar-refractivity contribution is 6.23. The minimum absolute atomic E-state index is 0.0367. The Hall–Kier alpha value is -4.34. The number of benzene rings is 2. The van der Waals surface area contributed by atoms with Crippen LogP contribution in [-0.4, -0.2) is 35.7 Å². The number of rotatable bonds is 7. The molecule has 2 aliphatic heterocycles. The SMILES string of the molecule is O=C1NC(=O)C(CCCCC2(c3ccccc3)C(=O)NC(=O)NC2=O)(c2ccccc2)C(=O)N1. The molecule has 174 valence electrons. The zero-order chi connectivity index (χ0) is 24.3. The third-order valence-corrected chi connectivity index (χ3v) is 6.35. The standard InChI is InChI=1S/C24H22N4O6/c29-17-23(15-9-3-1-4-10-15,18(30)26-21(33)25-17)13-7-8-14-24(16-11-5-2-6-12-16)19(31)27-22(34)28-20(24)32/h1-6,9-12H,7-8,13-14H2,(H2,25,26,29,30,33)(H2,27,28,31,32,34). The van der Waals surface area contributed by atoms with E-state index in [0.717, 1.165) is 0 Å². The van der Waals surface area contributed by atoms with Crippen molar-refractivity contribution in [1.29, 1.82) is 0 Å². The molecule has 34 heavy (non-hydrogen) atoms. The zero-order valence-corrected chi connectivity index (χ0v) is 18.1. The lowest BCUT2D eigenvalue weighted by Gasteiger charge is -2.36. The molecule has 0 saturated carbocycles. The minimum atomic E-state index is -1.64. The molecule has 0 unspecified atom stereocenters. The van der Waals surface area contributed by atoms with Gasteiger partial charge < -0.3 is 0 Å². The topological polar surface area (TPSA) is 151 Å². The molecule has 10 nitrogen and oxygen atoms in total. The van der Waals surface area contributed by atoms with Gasteiger partial charge in [0.1, 0.15) is 0 Å². The minimum Gasteiger partial charge on any atom is -0.277 e. The van der Waals surface area contributed by atoms with Crippen LogP contribution in [0, 0.1) is 0 Å². The largest absolute Gasteiger partial charge is 0.328 e. The number of imide groups is 4. The Balaban J connectivity index is 1.59. The van der Waals surface area contributed by atoms with Crippen molar-refractivity contribution in [3.63, 3.8) is 0 Å². The molecule has 2 fully saturated rings. The van der Waals surface area contributed by atoms with E-state index in [9.17, 15) is 28.8 Å². The molecule has 2 heterocycles. The van der Waals surface area contributed by atoms with Gasteiger partial charge in [0, 0.05) is 0 Å². The summed E-state index contributed by atoms with van der Waals surface area (Å²) in [5, 5.41) is 8.66. The summed E-state index contributed by atoms with van der Waals surface area (Å²) in [6, 6.07) is 15.0. The number of barbiturate groups is 2. The van der Waals surface area contributed by atoms with E-state index in [-0.39, 0.29) is 25.7 Å². The second kappa shape index (κ2) is 8.89. The molecule has 0 atom stereocenters. The molecular formula is C24H22N4O6. The van der Waals surface area contributed by atoms with E-state index in [1.807, 2.05) is 0 Å². The van der Waals surface area contributed by atoms with E-state index < -0.39 is 46.5 Å². The van der Waals surface area contributed by atoms with Gasteiger partial charge in [-0.15, -0.1) is 0 Å². The lowest BCUT2D eigenvalue weighted by Crippen LogP contribution is -2.65. The summed E-state index contributed by atoms with van der Waals surface area (Å²) in [6.07, 6.45) is 0.615. The van der Waals surface area contributed by atoms with E-state index >= 15 is 0 Å². The lowest BCUT2D eigenvalue weighted by atomic mass is 9.71. The van der Waals surface area contributed by atoms with Crippen LogP contribution >= 0.6 is 0 Å². The third-order valence-electron chi connectivity index (χ3n) is 6.35. The summed E-state index contributed by atoms with van der Waals surface area (Å²) in [4.78, 5) is 74.9. The smallest absolute Gasteiger partial charge is 0.277 e. The Morgan fingerprint density at radius 1 is 0.471 bits per heavy atom. The van der Waals surface area contributed by atoms with Gasteiger partial charge in [0.2, 0.25) is 23.6 Å². The lowest BCUT2D eigenvalue weighted by molar-refractivity contribution is -0.141. The van der Waals surface area contributed by atoms with Gasteiger partial charge >= 0.3 is 12.1 Å². The van der Waals surface area contributed by atoms with E-state index in [2.05, 4.69) is 21.3 Å². The highest BCUT2D eigenvalue weighted by atomic mass is 16.2. The first-order valence-corrected chi connectivity index (χ1v) is 10.8. The predicted molar refractivity (Wildman–Crippen MR) is 118 cm³/mol. The van der Waals surface area contributed by atoms with Crippen LogP contribution in [0.5, 0.6) is 0 Å². The second-order valence-corrected chi connectivity index (χ2v) is 8.22. The number of urea groups is 2. The fourth-order valence-electron chi connectivity index (χ4n) is 4.60. The Morgan fingerprint density at radius 3 is 1.06 bits per heavy atom. The van der Waals surface area contributed by atoms with Crippen molar-refractivity contribution in [2.24, 2.45) is 0 Å². The van der Waals surface area contributed by atoms with Gasteiger partial charge in [0.05, 0.1) is 0 Å². The van der Waals surface area contributed by atoms with Crippen molar-refractivity contribution in [2.45, 2.75) is 36.5 Å². The quantitative estimate of drug-likeness (QED) is 0.358. The van der Waals surface area contributed by atoms with Crippen LogP contribution < -0.4 is 21.3 Å². The highest BCUT2D eigenvalue weighted by Crippen LogP contribution is 2.36. The van der Waals surface area contributed by atoms with Gasteiger partial charge in [-0.25, -0.2) is 9.59 Å². The Kier molecular flexibility index (Phi) is 5.97. The Morgan fingerprint density at radius 2 is 0.765 bits per heavy atom. The first kappa shape index (κ1) is 22.8. The average Bonchev–Trinajstić information content (AvgIpc) is 2.81. The van der Waals surface area contributed by atoms with Crippen LogP contribution in [0.25, 0.3) is 0 Å². The summed E-state index contributed by atoms with van der Waals surface area (Å²) in [5.74, 6) is -2.93. The van der Waals surface area contributed by atoms with Crippen molar-refractivity contribution in [2.75, 3.05) is 0 Å². The van der Waals surface area contributed by atoms with Gasteiger partial charge in [-0.05, 0) is 24.0 Å². The molecule has 2 aromatic rings. The van der Waals surface area contributed by atoms with E-state index in [0.29, 0.717) is 11.1 Å². The molecular weight excluding hydrogens is 440 g/mol. The molecule has 2 aromatic carbocycles. The average molecular weight is 462 g/mol. The Labute approximate surface area is 194 Å². The van der Waals surface area contributed by atoms with E-state index in [4.69, 9.17) is 0 Å². The number of nitrogens with one attached hydrogen (secondary N) is 4. The number of hydrogen-bond acceptors (Lipinski definition) is 6. The molecule has 10 heteroatoms. The summed E-state index contributed by atoms with van der Waals surface area (Å²) in [5.41, 5.74) is -2.42. The van der Waals surface area contributed by atoms with E-state index in [1.54, 1.807) is 60.7 Å². The molecule has 2 aliphatic rings. The molecule has 4 rings (SSSR count). The van der Waals surface area contributed by atoms with Crippen molar-refractivity contribution in [1.82, 2.24) is 21.3 Å². The van der Waals surface area contributed by atoms with Gasteiger partial charge in [-0.3, -0.25) is 40.4 Å². The van der Waals surface area contributed by atoms with Crippen molar-refractivity contribution in [3.8, 4) is 0 Å². The van der Waals surface area contributed by atoms with Crippen LogP contribution in [0.4, 0.5) is 9.59 Å². The van der Waals surface area contributed by atoms with Gasteiger partial charge in [-0.2, -0.15) is 0 Å². The molecule has 0 radical (unpaired) electrons. The molecule has 2 saturated heterocycles.